The van der Waals surface area contributed by atoms with Gasteiger partial charge in [-0.1, -0.05) is 0 Å². The van der Waals surface area contributed by atoms with Crippen molar-refractivity contribution in [3.8, 4) is 0 Å². The van der Waals surface area contributed by atoms with Crippen LogP contribution < -0.4 is 10.2 Å². The van der Waals surface area contributed by atoms with Crippen molar-refractivity contribution in [2.24, 2.45) is 11.8 Å². The summed E-state index contributed by atoms with van der Waals surface area (Å²) in [6.07, 6.45) is -10.8. The largest absolute Gasteiger partial charge is 0.544 e. The number of carboxylic acid groups (broad SMARTS) is 2. The van der Waals surface area contributed by atoms with Crippen molar-refractivity contribution in [3.05, 3.63) is 0 Å². The second-order valence-electron chi connectivity index (χ2n) is 6.27. The van der Waals surface area contributed by atoms with Gasteiger partial charge in [-0.15, -0.1) is 0 Å². The predicted octanol–water partition coefficient (Wildman–Crippen LogP) is 0.782. The van der Waals surface area contributed by atoms with Crippen molar-refractivity contribution in [3.63, 3.8) is 0 Å². The molecule has 6 nitrogen and oxygen atoms in total. The van der Waals surface area contributed by atoms with Gasteiger partial charge in [-0.25, -0.2) is 0 Å². The first-order valence-corrected chi connectivity index (χ1v) is 7.76. The van der Waals surface area contributed by atoms with Gasteiger partial charge in [0.15, 0.2) is 0 Å². The zero-order valence-electron chi connectivity index (χ0n) is 13.9. The van der Waals surface area contributed by atoms with Gasteiger partial charge in [0.2, 0.25) is 0 Å². The summed E-state index contributed by atoms with van der Waals surface area (Å²) in [5.74, 6) is -19.3. The number of hydrogen-bond donors (Lipinski definition) is 0. The average Bonchev–Trinajstić information content (AvgIpc) is 2.58. The summed E-state index contributed by atoms with van der Waals surface area (Å²) in [5, 5.41) is 20.1. The molecule has 0 aliphatic heterocycles. The highest BCUT2D eigenvalue weighted by atomic mass is 19.3. The molecule has 0 aromatic carbocycles. The van der Waals surface area contributed by atoms with Gasteiger partial charge in [0.05, 0.1) is 13.2 Å². The van der Waals surface area contributed by atoms with Crippen LogP contribution in [-0.4, -0.2) is 49.2 Å². The minimum absolute atomic E-state index is 0.0244. The van der Waals surface area contributed by atoms with Crippen LogP contribution >= 0.6 is 0 Å². The Labute approximate surface area is 152 Å². The third-order valence-electron chi connectivity index (χ3n) is 4.21. The maximum atomic E-state index is 13.1. The molecule has 1 aliphatic rings. The lowest BCUT2D eigenvalue weighted by atomic mass is 9.83. The van der Waals surface area contributed by atoms with Crippen LogP contribution in [0.25, 0.3) is 0 Å². The molecule has 1 aliphatic carbocycles. The van der Waals surface area contributed by atoms with E-state index in [2.05, 4.69) is 9.47 Å². The van der Waals surface area contributed by atoms with Gasteiger partial charge < -0.3 is 29.3 Å². The summed E-state index contributed by atoms with van der Waals surface area (Å²) in [7, 11) is 0. The second kappa shape index (κ2) is 8.35. The van der Waals surface area contributed by atoms with E-state index >= 15 is 0 Å². The normalized spacial score (nSPS) is 22.1. The summed E-state index contributed by atoms with van der Waals surface area (Å²) in [4.78, 5) is 20.1. The van der Waals surface area contributed by atoms with Gasteiger partial charge in [0, 0.05) is 0 Å². The number of ether oxygens (including phenoxy) is 2. The third kappa shape index (κ3) is 5.21. The van der Waals surface area contributed by atoms with Crippen LogP contribution in [0.1, 0.15) is 25.7 Å². The molecule has 0 bridgehead atoms. The molecule has 0 N–H and O–H groups in total. The lowest BCUT2D eigenvalue weighted by molar-refractivity contribution is -0.391. The summed E-state index contributed by atoms with van der Waals surface area (Å²) in [6.45, 7) is -1.94. The number of halogens is 8. The fraction of sp³-hybridized carbons (Fsp3) is 0.857. The Kier molecular flexibility index (Phi) is 7.26. The van der Waals surface area contributed by atoms with E-state index in [-0.39, 0.29) is 25.7 Å². The maximum absolute atomic E-state index is 13.1. The maximum Gasteiger partial charge on any atom is 0.425 e. The molecular formula is C14H14F8O6-2. The van der Waals surface area contributed by atoms with Crippen molar-refractivity contribution in [2.45, 2.75) is 49.7 Å². The Bertz CT molecular complexity index is 524. The minimum Gasteiger partial charge on any atom is -0.544 e. The first-order valence-electron chi connectivity index (χ1n) is 7.76. The number of carbonyl (C=O) groups is 2. The Morgan fingerprint density at radius 3 is 1.14 bits per heavy atom. The smallest absolute Gasteiger partial charge is 0.425 e. The van der Waals surface area contributed by atoms with Crippen LogP contribution in [0.15, 0.2) is 0 Å². The zero-order chi connectivity index (χ0) is 22.0. The van der Waals surface area contributed by atoms with Crippen molar-refractivity contribution in [1.29, 1.82) is 0 Å². The lowest BCUT2D eigenvalue weighted by Crippen LogP contribution is -2.55. The molecule has 1 fully saturated rings. The topological polar surface area (TPSA) is 98.7 Å². The molecule has 164 valence electrons. The van der Waals surface area contributed by atoms with Crippen LogP contribution in [0.5, 0.6) is 0 Å². The SMILES string of the molecule is O=C([O-])C(F)(F)C(F)(F)OCC1CCC(COC(F)(F)C(F)(F)C(=O)[O-])CC1. The second-order valence-corrected chi connectivity index (χ2v) is 6.27. The molecule has 0 saturated heterocycles. The quantitative estimate of drug-likeness (QED) is 0.475. The Morgan fingerprint density at radius 1 is 0.679 bits per heavy atom. The minimum atomic E-state index is -5.56. The Balaban J connectivity index is 2.48. The lowest BCUT2D eigenvalue weighted by Gasteiger charge is -2.33. The van der Waals surface area contributed by atoms with E-state index in [1.54, 1.807) is 0 Å². The van der Waals surface area contributed by atoms with Gasteiger partial charge in [0.1, 0.15) is 11.9 Å². The fourth-order valence-corrected chi connectivity index (χ4v) is 2.43. The molecule has 0 unspecified atom stereocenters. The monoisotopic (exact) mass is 430 g/mol. The van der Waals surface area contributed by atoms with E-state index in [9.17, 15) is 54.9 Å². The van der Waals surface area contributed by atoms with Gasteiger partial charge in [-0.2, -0.15) is 35.1 Å². The highest BCUT2D eigenvalue weighted by Gasteiger charge is 2.60. The molecule has 28 heavy (non-hydrogen) atoms. The molecule has 14 heteroatoms. The van der Waals surface area contributed by atoms with E-state index in [0.29, 0.717) is 0 Å². The number of rotatable bonds is 10. The standard InChI is InChI=1S/C14H16F8O6/c15-11(16,9(23)24)13(19,20)27-5-7-1-2-8(4-3-7)6-28-14(21,22)12(17,18)10(25)26/h7-8H,1-6H2,(H,23,24)(H,25,26)/p-2. The number of aliphatic carboxylic acids is 2. The average molecular weight is 430 g/mol. The van der Waals surface area contributed by atoms with E-state index in [1.807, 2.05) is 0 Å². The number of alkyl halides is 8. The van der Waals surface area contributed by atoms with Crippen LogP contribution in [-0.2, 0) is 19.1 Å². The van der Waals surface area contributed by atoms with Crippen molar-refractivity contribution >= 4 is 11.9 Å². The van der Waals surface area contributed by atoms with Gasteiger partial charge in [-0.3, -0.25) is 0 Å². The summed E-state index contributed by atoms with van der Waals surface area (Å²) < 4.78 is 111. The molecule has 0 aromatic heterocycles. The molecule has 0 amide bonds. The molecule has 0 radical (unpaired) electrons. The molecule has 0 heterocycles. The number of carbonyl (C=O) groups excluding carboxylic acids is 2. The van der Waals surface area contributed by atoms with Gasteiger partial charge in [0.25, 0.3) is 0 Å². The molecule has 0 spiro atoms. The highest BCUT2D eigenvalue weighted by molar-refractivity contribution is 5.74. The zero-order valence-corrected chi connectivity index (χ0v) is 13.9. The van der Waals surface area contributed by atoms with E-state index in [1.165, 1.54) is 0 Å². The number of carboxylic acids is 2. The van der Waals surface area contributed by atoms with E-state index < -0.39 is 61.1 Å². The summed E-state index contributed by atoms with van der Waals surface area (Å²) >= 11 is 0. The number of hydrogen-bond acceptors (Lipinski definition) is 6. The van der Waals surface area contributed by atoms with Crippen LogP contribution in [0.3, 0.4) is 0 Å². The Hall–Kier alpha value is -1.70. The fourth-order valence-electron chi connectivity index (χ4n) is 2.43. The first kappa shape index (κ1) is 24.3. The van der Waals surface area contributed by atoms with Crippen molar-refractivity contribution in [1.82, 2.24) is 0 Å². The third-order valence-corrected chi connectivity index (χ3v) is 4.21. The van der Waals surface area contributed by atoms with Crippen LogP contribution in [0.4, 0.5) is 35.1 Å². The summed E-state index contributed by atoms with van der Waals surface area (Å²) in [6, 6.07) is 0. The van der Waals surface area contributed by atoms with E-state index in [4.69, 9.17) is 0 Å². The van der Waals surface area contributed by atoms with Crippen molar-refractivity contribution < 1.29 is 64.4 Å². The molecular weight excluding hydrogens is 416 g/mol. The van der Waals surface area contributed by atoms with Crippen LogP contribution in [0.2, 0.25) is 0 Å². The van der Waals surface area contributed by atoms with Gasteiger partial charge in [-0.05, 0) is 37.5 Å². The molecule has 1 saturated carbocycles. The molecule has 1 rings (SSSR count). The van der Waals surface area contributed by atoms with Crippen LogP contribution in [0, 0.1) is 11.8 Å². The Morgan fingerprint density at radius 2 is 0.929 bits per heavy atom. The van der Waals surface area contributed by atoms with Gasteiger partial charge >= 0.3 is 24.1 Å². The van der Waals surface area contributed by atoms with Crippen molar-refractivity contribution in [2.75, 3.05) is 13.2 Å². The van der Waals surface area contributed by atoms with E-state index in [0.717, 1.165) is 0 Å². The molecule has 0 atom stereocenters. The summed E-state index contributed by atoms with van der Waals surface area (Å²) in [5.41, 5.74) is 0. The first-order chi connectivity index (χ1) is 12.5. The molecule has 0 aromatic rings. The highest BCUT2D eigenvalue weighted by Crippen LogP contribution is 2.39. The predicted molar refractivity (Wildman–Crippen MR) is 67.2 cm³/mol.